The molecule has 0 aromatic carbocycles. The van der Waals surface area contributed by atoms with Crippen molar-refractivity contribution >= 4 is 12.1 Å². The van der Waals surface area contributed by atoms with Crippen LogP contribution in [0.1, 0.15) is 13.3 Å². The lowest BCUT2D eigenvalue weighted by molar-refractivity contribution is -0.117. The summed E-state index contributed by atoms with van der Waals surface area (Å²) in [5.41, 5.74) is 6.27. The van der Waals surface area contributed by atoms with Crippen LogP contribution >= 0.6 is 0 Å². The first-order valence-corrected chi connectivity index (χ1v) is 5.76. The number of amides is 1. The van der Waals surface area contributed by atoms with Crippen LogP contribution in [0.4, 0.5) is 0 Å². The molecule has 0 bridgehead atoms. The Morgan fingerprint density at radius 3 is 2.95 bits per heavy atom. The van der Waals surface area contributed by atoms with Crippen molar-refractivity contribution in [3.63, 3.8) is 0 Å². The van der Waals surface area contributed by atoms with Crippen LogP contribution in [-0.4, -0.2) is 21.0 Å². The zero-order valence-electron chi connectivity index (χ0n) is 10.6. The van der Waals surface area contributed by atoms with Gasteiger partial charge in [0.2, 0.25) is 12.2 Å². The van der Waals surface area contributed by atoms with Gasteiger partial charge in [-0.25, -0.2) is 14.7 Å². The van der Waals surface area contributed by atoms with E-state index in [0.29, 0.717) is 12.1 Å². The number of H-pyrrole nitrogens is 1. The molecule has 0 atom stereocenters. The third kappa shape index (κ3) is 2.46. The van der Waals surface area contributed by atoms with E-state index < -0.39 is 0 Å². The van der Waals surface area contributed by atoms with Gasteiger partial charge in [-0.1, -0.05) is 24.8 Å². The Labute approximate surface area is 109 Å². The quantitative estimate of drug-likeness (QED) is 0.458. The maximum Gasteiger partial charge on any atom is 0.364 e. The number of nitrogens with zero attached hydrogens (tertiary/aromatic N) is 2. The first-order chi connectivity index (χ1) is 9.17. The summed E-state index contributed by atoms with van der Waals surface area (Å²) in [5.74, 6) is 0.267. The van der Waals surface area contributed by atoms with Crippen LogP contribution < -0.4 is 11.2 Å². The summed E-state index contributed by atoms with van der Waals surface area (Å²) in [6.07, 6.45) is 6.53. The number of allylic oxidation sites excluding steroid dienone is 4. The second kappa shape index (κ2) is 5.32. The van der Waals surface area contributed by atoms with Gasteiger partial charge in [-0.3, -0.25) is 4.79 Å². The van der Waals surface area contributed by atoms with E-state index >= 15 is 0 Å². The molecule has 0 fully saturated rings. The minimum Gasteiger partial charge on any atom is -0.369 e. The van der Waals surface area contributed by atoms with Gasteiger partial charge in [-0.05, 0) is 18.1 Å². The molecule has 2 N–H and O–H groups in total. The van der Waals surface area contributed by atoms with Gasteiger partial charge >= 0.3 is 5.69 Å². The van der Waals surface area contributed by atoms with Crippen LogP contribution in [0.5, 0.6) is 0 Å². The smallest absolute Gasteiger partial charge is 0.364 e. The van der Waals surface area contributed by atoms with Crippen LogP contribution in [-0.2, 0) is 16.7 Å². The Hall–Kier alpha value is -2.66. The third-order valence-electron chi connectivity index (χ3n) is 2.62. The maximum atomic E-state index is 11.7. The molecule has 1 aliphatic carbocycles. The predicted molar refractivity (Wildman–Crippen MR) is 68.6 cm³/mol. The lowest BCUT2D eigenvalue weighted by atomic mass is 10.2. The van der Waals surface area contributed by atoms with Crippen LogP contribution in [0.3, 0.4) is 0 Å². The van der Waals surface area contributed by atoms with E-state index in [-0.39, 0.29) is 11.4 Å². The summed E-state index contributed by atoms with van der Waals surface area (Å²) in [7, 11) is 1.60. The highest BCUT2D eigenvalue weighted by Crippen LogP contribution is 2.18. The molecule has 7 nitrogen and oxygen atoms in total. The normalized spacial score (nSPS) is 14.3. The van der Waals surface area contributed by atoms with Crippen molar-refractivity contribution in [1.29, 1.82) is 0 Å². The highest BCUT2D eigenvalue weighted by atomic mass is 16.7. The maximum absolute atomic E-state index is 11.7. The molecule has 0 unspecified atom stereocenters. The molecule has 0 saturated heterocycles. The van der Waals surface area contributed by atoms with Gasteiger partial charge < -0.3 is 4.84 Å². The topological polar surface area (TPSA) is 81.0 Å². The third-order valence-corrected chi connectivity index (χ3v) is 2.62. The molecule has 0 saturated carbocycles. The fourth-order valence-corrected chi connectivity index (χ4v) is 1.62. The number of nitrogens with one attached hydrogen (secondary N) is 2. The molecule has 1 amide bonds. The van der Waals surface area contributed by atoms with Crippen LogP contribution in [0.25, 0.3) is 5.70 Å². The average molecular weight is 262 g/mol. The predicted octanol–water partition coefficient (Wildman–Crippen LogP) is 0.422. The van der Waals surface area contributed by atoms with E-state index in [2.05, 4.69) is 16.4 Å². The SMILES string of the molecule is CCC1=C=C(ONC=O)C(n2[nH]n(C)c2=O)=CC=C1. The average Bonchev–Trinajstić information content (AvgIpc) is 2.63. The molecule has 7 heteroatoms. The van der Waals surface area contributed by atoms with Crippen molar-refractivity contribution in [2.24, 2.45) is 7.05 Å². The number of aryl methyl sites for hydroxylation is 1. The summed E-state index contributed by atoms with van der Waals surface area (Å²) in [4.78, 5) is 27.1. The molecule has 0 radical (unpaired) electrons. The Morgan fingerprint density at radius 2 is 2.37 bits per heavy atom. The van der Waals surface area contributed by atoms with Gasteiger partial charge in [0.15, 0.2) is 0 Å². The van der Waals surface area contributed by atoms with E-state index in [1.165, 1.54) is 9.36 Å². The second-order valence-corrected chi connectivity index (χ2v) is 3.86. The Balaban J connectivity index is 2.46. The monoisotopic (exact) mass is 262 g/mol. The van der Waals surface area contributed by atoms with Gasteiger partial charge in [-0.15, -0.1) is 0 Å². The zero-order chi connectivity index (χ0) is 13.8. The van der Waals surface area contributed by atoms with E-state index in [9.17, 15) is 9.59 Å². The number of aromatic amines is 1. The van der Waals surface area contributed by atoms with E-state index in [1.54, 1.807) is 19.2 Å². The summed E-state index contributed by atoms with van der Waals surface area (Å²) in [6, 6.07) is 0. The standard InChI is InChI=1S/C12H14N4O3/c1-3-9-5-4-6-10(11(7-9)19-13-8-17)16-12(18)15(2)14-16/h4-6,8,14H,3H2,1-2H3,(H,13,17). The van der Waals surface area contributed by atoms with Gasteiger partial charge in [0.25, 0.3) is 0 Å². The molecule has 2 rings (SSSR count). The highest BCUT2D eigenvalue weighted by molar-refractivity contribution is 5.64. The number of carbonyl (C=O) groups is 1. The molecule has 19 heavy (non-hydrogen) atoms. The molecule has 1 heterocycles. The van der Waals surface area contributed by atoms with E-state index in [1.807, 2.05) is 13.0 Å². The number of carbonyl (C=O) groups excluding carboxylic acids is 1. The lowest BCUT2D eigenvalue weighted by Crippen LogP contribution is -2.41. The molecule has 100 valence electrons. The van der Waals surface area contributed by atoms with E-state index in [4.69, 9.17) is 4.84 Å². The van der Waals surface area contributed by atoms with Crippen molar-refractivity contribution in [2.75, 3.05) is 0 Å². The molecule has 1 aliphatic rings. The summed E-state index contributed by atoms with van der Waals surface area (Å²) in [5, 5.41) is 2.78. The fraction of sp³-hybridized carbons (Fsp3) is 0.250. The first-order valence-electron chi connectivity index (χ1n) is 5.76. The molecule has 1 aromatic heterocycles. The van der Waals surface area contributed by atoms with Crippen LogP contribution in [0, 0.1) is 0 Å². The number of hydrogen-bond donors (Lipinski definition) is 2. The molecule has 0 aliphatic heterocycles. The lowest BCUT2D eigenvalue weighted by Gasteiger charge is -2.16. The largest absolute Gasteiger partial charge is 0.369 e. The summed E-state index contributed by atoms with van der Waals surface area (Å²) < 4.78 is 2.63. The molecular weight excluding hydrogens is 248 g/mol. The van der Waals surface area contributed by atoms with Crippen molar-refractivity contribution in [1.82, 2.24) is 20.1 Å². The van der Waals surface area contributed by atoms with Gasteiger partial charge in [0.05, 0.1) is 0 Å². The van der Waals surface area contributed by atoms with Crippen LogP contribution in [0.2, 0.25) is 0 Å². The highest BCUT2D eigenvalue weighted by Gasteiger charge is 2.16. The van der Waals surface area contributed by atoms with Crippen molar-refractivity contribution in [3.8, 4) is 0 Å². The van der Waals surface area contributed by atoms with Crippen molar-refractivity contribution < 1.29 is 9.63 Å². The zero-order valence-corrected chi connectivity index (χ0v) is 10.6. The number of hydrogen-bond acceptors (Lipinski definition) is 3. The number of hydroxylamine groups is 1. The molecular formula is C12H14N4O3. The van der Waals surface area contributed by atoms with Gasteiger partial charge in [0, 0.05) is 7.05 Å². The Bertz CT molecular complexity index is 662. The molecule has 1 aromatic rings. The van der Waals surface area contributed by atoms with E-state index in [0.717, 1.165) is 12.0 Å². The van der Waals surface area contributed by atoms with Crippen molar-refractivity contribution in [2.45, 2.75) is 13.3 Å². The number of rotatable bonds is 5. The van der Waals surface area contributed by atoms with Gasteiger partial charge in [0.1, 0.15) is 5.70 Å². The summed E-state index contributed by atoms with van der Waals surface area (Å²) in [6.45, 7) is 1.98. The second-order valence-electron chi connectivity index (χ2n) is 3.86. The minimum atomic E-state index is -0.228. The first kappa shape index (κ1) is 12.8. The summed E-state index contributed by atoms with van der Waals surface area (Å²) >= 11 is 0. The van der Waals surface area contributed by atoms with Crippen LogP contribution in [0.15, 0.2) is 40.1 Å². The Morgan fingerprint density at radius 1 is 1.58 bits per heavy atom. The minimum absolute atomic E-state index is 0.228. The Kier molecular flexibility index (Phi) is 3.58. The molecule has 0 spiro atoms. The number of aromatic nitrogens is 3. The van der Waals surface area contributed by atoms with Gasteiger partial charge in [-0.2, -0.15) is 10.2 Å². The van der Waals surface area contributed by atoms with Crippen molar-refractivity contribution in [3.05, 3.63) is 45.8 Å². The fourth-order valence-electron chi connectivity index (χ4n) is 1.62.